The molecular weight excluding hydrogens is 403 g/mol. The van der Waals surface area contributed by atoms with Gasteiger partial charge in [0.1, 0.15) is 12.0 Å². The first-order valence-corrected chi connectivity index (χ1v) is 9.60. The molecule has 0 saturated carbocycles. The standard InChI is InChI=1S/C19H20F3N5O3/c1-11(19(20,21)22)9-15(28)13-4-5-14-17(23-13)27(12-3-2-7-26(14)10-12)18(29)24-16-6-8-30-25-16/h4-6,8,11-12H,2-3,7,9-10H2,1H3,(H,24,25,29)/t11-,12-/m0/s1. The number of hydrogen-bond donors (Lipinski definition) is 1. The molecule has 0 aromatic carbocycles. The first-order chi connectivity index (χ1) is 14.2. The number of fused-ring (bicyclic) bond motifs is 4. The van der Waals surface area contributed by atoms with Gasteiger partial charge in [-0.2, -0.15) is 13.2 Å². The summed E-state index contributed by atoms with van der Waals surface area (Å²) in [6.07, 6.45) is -2.22. The summed E-state index contributed by atoms with van der Waals surface area (Å²) in [7, 11) is 0. The Kier molecular flexibility index (Phi) is 5.12. The summed E-state index contributed by atoms with van der Waals surface area (Å²) in [5.74, 6) is -2.01. The van der Waals surface area contributed by atoms with Crippen LogP contribution in [0.25, 0.3) is 0 Å². The topological polar surface area (TPSA) is 91.6 Å². The lowest BCUT2D eigenvalue weighted by Gasteiger charge is -2.45. The zero-order valence-electron chi connectivity index (χ0n) is 16.1. The number of halogens is 3. The molecule has 2 aromatic heterocycles. The Morgan fingerprint density at radius 1 is 1.33 bits per heavy atom. The van der Waals surface area contributed by atoms with E-state index in [0.29, 0.717) is 12.2 Å². The van der Waals surface area contributed by atoms with Crippen molar-refractivity contribution in [2.75, 3.05) is 28.2 Å². The number of rotatable bonds is 4. The number of anilines is 3. The van der Waals surface area contributed by atoms with Gasteiger partial charge in [-0.3, -0.25) is 15.0 Å². The maximum Gasteiger partial charge on any atom is 0.391 e. The number of aromatic nitrogens is 2. The van der Waals surface area contributed by atoms with Gasteiger partial charge in [0.2, 0.25) is 0 Å². The highest BCUT2D eigenvalue weighted by Gasteiger charge is 2.40. The van der Waals surface area contributed by atoms with Gasteiger partial charge in [0.25, 0.3) is 0 Å². The minimum Gasteiger partial charge on any atom is -0.366 e. The van der Waals surface area contributed by atoms with Crippen molar-refractivity contribution >= 4 is 29.1 Å². The molecule has 8 nitrogen and oxygen atoms in total. The molecular formula is C19H20F3N5O3. The van der Waals surface area contributed by atoms with Crippen LogP contribution in [0.2, 0.25) is 0 Å². The molecule has 1 N–H and O–H groups in total. The number of carbonyl (C=O) groups excluding carboxylic acids is 2. The number of nitrogens with zero attached hydrogens (tertiary/aromatic N) is 4. The average molecular weight is 423 g/mol. The number of hydrogen-bond acceptors (Lipinski definition) is 6. The predicted molar refractivity (Wildman–Crippen MR) is 102 cm³/mol. The fraction of sp³-hybridized carbons (Fsp3) is 0.474. The van der Waals surface area contributed by atoms with Gasteiger partial charge >= 0.3 is 12.2 Å². The van der Waals surface area contributed by atoms with Gasteiger partial charge in [0, 0.05) is 25.6 Å². The van der Waals surface area contributed by atoms with Crippen LogP contribution < -0.4 is 15.1 Å². The second-order valence-electron chi connectivity index (χ2n) is 7.54. The molecule has 2 bridgehead atoms. The summed E-state index contributed by atoms with van der Waals surface area (Å²) in [6, 6.07) is 3.89. The van der Waals surface area contributed by atoms with Crippen LogP contribution in [-0.2, 0) is 0 Å². The monoisotopic (exact) mass is 423 g/mol. The second-order valence-corrected chi connectivity index (χ2v) is 7.54. The molecule has 0 radical (unpaired) electrons. The molecule has 2 aliphatic heterocycles. The Balaban J connectivity index is 1.65. The lowest BCUT2D eigenvalue weighted by atomic mass is 9.98. The Labute approximate surface area is 170 Å². The van der Waals surface area contributed by atoms with Gasteiger partial charge in [-0.25, -0.2) is 9.78 Å². The predicted octanol–water partition coefficient (Wildman–Crippen LogP) is 3.86. The van der Waals surface area contributed by atoms with Gasteiger partial charge in [-0.15, -0.1) is 0 Å². The Hall–Kier alpha value is -3.11. The van der Waals surface area contributed by atoms with Gasteiger partial charge in [0.05, 0.1) is 17.6 Å². The van der Waals surface area contributed by atoms with Crippen LogP contribution in [-0.4, -0.2) is 47.3 Å². The molecule has 2 atom stereocenters. The molecule has 30 heavy (non-hydrogen) atoms. The van der Waals surface area contributed by atoms with E-state index in [1.807, 2.05) is 0 Å². The fourth-order valence-corrected chi connectivity index (χ4v) is 3.78. The number of urea groups is 1. The Bertz CT molecular complexity index is 947. The molecule has 0 aliphatic carbocycles. The van der Waals surface area contributed by atoms with Crippen molar-refractivity contribution < 1.29 is 27.3 Å². The number of nitrogens with one attached hydrogen (secondary N) is 1. The summed E-state index contributed by atoms with van der Waals surface area (Å²) < 4.78 is 43.3. The molecule has 1 saturated heterocycles. The van der Waals surface area contributed by atoms with Crippen LogP contribution in [0.5, 0.6) is 0 Å². The summed E-state index contributed by atoms with van der Waals surface area (Å²) in [5, 5.41) is 6.29. The zero-order chi connectivity index (χ0) is 21.5. The molecule has 0 spiro atoms. The van der Waals surface area contributed by atoms with Crippen LogP contribution in [0, 0.1) is 5.92 Å². The molecule has 160 valence electrons. The second kappa shape index (κ2) is 7.62. The van der Waals surface area contributed by atoms with Crippen molar-refractivity contribution in [3.63, 3.8) is 0 Å². The fourth-order valence-electron chi connectivity index (χ4n) is 3.78. The number of amides is 2. The van der Waals surface area contributed by atoms with E-state index in [-0.39, 0.29) is 23.4 Å². The highest BCUT2D eigenvalue weighted by atomic mass is 19.4. The van der Waals surface area contributed by atoms with Crippen molar-refractivity contribution in [3.05, 3.63) is 30.2 Å². The maximum atomic E-state index is 13.0. The first kappa shape index (κ1) is 20.2. The number of Topliss-reactive ketones (excluding diaryl/α,β-unsaturated/α-hetero) is 1. The number of ketones is 1. The SMILES string of the molecule is C[C@@H](CC(=O)c1ccc2c(n1)N(C(=O)Nc1ccon1)[C@H]1CCCN2C1)C(F)(F)F. The van der Waals surface area contributed by atoms with E-state index in [4.69, 9.17) is 4.52 Å². The third-order valence-electron chi connectivity index (χ3n) is 5.41. The largest absolute Gasteiger partial charge is 0.391 e. The van der Waals surface area contributed by atoms with E-state index < -0.39 is 30.3 Å². The molecule has 4 rings (SSSR count). The van der Waals surface area contributed by atoms with Crippen LogP contribution in [0.4, 0.5) is 35.3 Å². The van der Waals surface area contributed by atoms with E-state index in [0.717, 1.165) is 26.3 Å². The molecule has 2 amide bonds. The minimum atomic E-state index is -4.46. The van der Waals surface area contributed by atoms with Crippen LogP contribution in [0.15, 0.2) is 29.0 Å². The lowest BCUT2D eigenvalue weighted by Crippen LogP contribution is -2.56. The molecule has 1 fully saturated rings. The van der Waals surface area contributed by atoms with Crippen LogP contribution >= 0.6 is 0 Å². The Morgan fingerprint density at radius 3 is 2.83 bits per heavy atom. The third-order valence-corrected chi connectivity index (χ3v) is 5.41. The van der Waals surface area contributed by atoms with Crippen molar-refractivity contribution in [3.8, 4) is 0 Å². The summed E-state index contributed by atoms with van der Waals surface area (Å²) in [6.45, 7) is 2.35. The van der Waals surface area contributed by atoms with Crippen LogP contribution in [0.3, 0.4) is 0 Å². The summed E-state index contributed by atoms with van der Waals surface area (Å²) in [5.41, 5.74) is 0.576. The zero-order valence-corrected chi connectivity index (χ0v) is 16.1. The number of pyridine rings is 1. The highest BCUT2D eigenvalue weighted by molar-refractivity contribution is 6.04. The normalized spacial score (nSPS) is 19.3. The van der Waals surface area contributed by atoms with Crippen molar-refractivity contribution in [2.24, 2.45) is 5.92 Å². The number of piperidine rings is 1. The van der Waals surface area contributed by atoms with Crippen molar-refractivity contribution in [2.45, 2.75) is 38.4 Å². The maximum absolute atomic E-state index is 13.0. The average Bonchev–Trinajstić information content (AvgIpc) is 3.20. The van der Waals surface area contributed by atoms with E-state index in [1.54, 1.807) is 6.07 Å². The molecule has 2 aromatic rings. The highest BCUT2D eigenvalue weighted by Crippen LogP contribution is 2.38. The molecule has 0 unspecified atom stereocenters. The van der Waals surface area contributed by atoms with E-state index in [1.165, 1.54) is 23.3 Å². The van der Waals surface area contributed by atoms with Gasteiger partial charge in [-0.1, -0.05) is 12.1 Å². The minimum absolute atomic E-state index is 0.0924. The lowest BCUT2D eigenvalue weighted by molar-refractivity contribution is -0.168. The van der Waals surface area contributed by atoms with Crippen LogP contribution in [0.1, 0.15) is 36.7 Å². The van der Waals surface area contributed by atoms with Gasteiger partial charge in [0.15, 0.2) is 17.4 Å². The number of alkyl halides is 3. The Morgan fingerprint density at radius 2 is 2.13 bits per heavy atom. The van der Waals surface area contributed by atoms with E-state index >= 15 is 0 Å². The van der Waals surface area contributed by atoms with Gasteiger partial charge in [-0.05, 0) is 25.0 Å². The third kappa shape index (κ3) is 3.83. The smallest absolute Gasteiger partial charge is 0.366 e. The van der Waals surface area contributed by atoms with Crippen molar-refractivity contribution in [1.29, 1.82) is 0 Å². The van der Waals surface area contributed by atoms with E-state index in [9.17, 15) is 22.8 Å². The molecule has 2 aliphatic rings. The van der Waals surface area contributed by atoms with Crippen molar-refractivity contribution in [1.82, 2.24) is 10.1 Å². The quantitative estimate of drug-likeness (QED) is 0.751. The summed E-state index contributed by atoms with van der Waals surface area (Å²) >= 11 is 0. The molecule has 11 heteroatoms. The van der Waals surface area contributed by atoms with E-state index in [2.05, 4.69) is 20.4 Å². The number of carbonyl (C=O) groups is 2. The van der Waals surface area contributed by atoms with Gasteiger partial charge < -0.3 is 9.42 Å². The molecule has 4 heterocycles. The summed E-state index contributed by atoms with van der Waals surface area (Å²) in [4.78, 5) is 33.3. The first-order valence-electron chi connectivity index (χ1n) is 9.60.